The molecule has 0 aliphatic rings. The maximum Gasteiger partial charge on any atom is 0.138 e. The van der Waals surface area contributed by atoms with Crippen molar-refractivity contribution in [3.05, 3.63) is 17.0 Å². The molecule has 16 heavy (non-hydrogen) atoms. The summed E-state index contributed by atoms with van der Waals surface area (Å²) in [6.07, 6.45) is 0.712. The zero-order valence-electron chi connectivity index (χ0n) is 9.94. The highest BCUT2D eigenvalue weighted by molar-refractivity contribution is 5.20. The molecule has 5 nitrogen and oxygen atoms in total. The second-order valence-corrected chi connectivity index (χ2v) is 3.88. The Bertz CT molecular complexity index is 293. The minimum atomic E-state index is 0.120. The summed E-state index contributed by atoms with van der Waals surface area (Å²) in [6, 6.07) is 0. The molecular weight excluding hydrogens is 208 g/mol. The van der Waals surface area contributed by atoms with Crippen molar-refractivity contribution in [3.8, 4) is 0 Å². The van der Waals surface area contributed by atoms with E-state index in [1.165, 1.54) is 0 Å². The van der Waals surface area contributed by atoms with Crippen molar-refractivity contribution in [1.82, 2.24) is 10.1 Å². The van der Waals surface area contributed by atoms with Crippen LogP contribution >= 0.6 is 0 Å². The third kappa shape index (κ3) is 3.59. The fourth-order valence-corrected chi connectivity index (χ4v) is 1.66. The maximum atomic E-state index is 8.96. The Labute approximate surface area is 95.7 Å². The Kier molecular flexibility index (Phi) is 5.45. The van der Waals surface area contributed by atoms with Gasteiger partial charge in [-0.3, -0.25) is 4.90 Å². The number of nitrogens with zero attached hydrogens (tertiary/aromatic N) is 2. The molecule has 0 saturated heterocycles. The Morgan fingerprint density at radius 1 is 1.19 bits per heavy atom. The second kappa shape index (κ2) is 6.62. The lowest BCUT2D eigenvalue weighted by atomic mass is 10.2. The van der Waals surface area contributed by atoms with Crippen molar-refractivity contribution in [1.29, 1.82) is 0 Å². The molecule has 0 radical (unpaired) electrons. The summed E-state index contributed by atoms with van der Waals surface area (Å²) in [5.74, 6) is 0.824. The average molecular weight is 228 g/mol. The van der Waals surface area contributed by atoms with Gasteiger partial charge in [0, 0.05) is 31.8 Å². The summed E-state index contributed by atoms with van der Waals surface area (Å²) in [5.41, 5.74) is 1.97. The van der Waals surface area contributed by atoms with Gasteiger partial charge in [0.25, 0.3) is 0 Å². The Hall–Kier alpha value is -0.910. The van der Waals surface area contributed by atoms with E-state index >= 15 is 0 Å². The van der Waals surface area contributed by atoms with Gasteiger partial charge >= 0.3 is 0 Å². The van der Waals surface area contributed by atoms with E-state index in [9.17, 15) is 0 Å². The molecule has 5 heteroatoms. The van der Waals surface area contributed by atoms with E-state index in [4.69, 9.17) is 14.7 Å². The van der Waals surface area contributed by atoms with Gasteiger partial charge in [-0.05, 0) is 20.3 Å². The van der Waals surface area contributed by atoms with Crippen LogP contribution in [0.25, 0.3) is 0 Å². The fourth-order valence-electron chi connectivity index (χ4n) is 1.66. The van der Waals surface area contributed by atoms with Crippen LogP contribution in [0.1, 0.15) is 23.4 Å². The number of rotatable bonds is 7. The van der Waals surface area contributed by atoms with Gasteiger partial charge in [0.05, 0.1) is 12.3 Å². The summed E-state index contributed by atoms with van der Waals surface area (Å²) >= 11 is 0. The van der Waals surface area contributed by atoms with Crippen LogP contribution in [-0.4, -0.2) is 46.6 Å². The normalized spacial score (nSPS) is 11.3. The number of aryl methyl sites for hydroxylation is 2. The van der Waals surface area contributed by atoms with E-state index < -0.39 is 0 Å². The fraction of sp³-hybridized carbons (Fsp3) is 0.727. The van der Waals surface area contributed by atoms with Crippen LogP contribution in [0.5, 0.6) is 0 Å². The minimum absolute atomic E-state index is 0.120. The smallest absolute Gasteiger partial charge is 0.138 e. The molecule has 0 atom stereocenters. The number of aliphatic hydroxyl groups excluding tert-OH is 2. The SMILES string of the molecule is Cc1noc(C)c1CN(CCO)CCCO. The van der Waals surface area contributed by atoms with E-state index in [1.807, 2.05) is 13.8 Å². The first-order valence-corrected chi connectivity index (χ1v) is 5.54. The zero-order valence-corrected chi connectivity index (χ0v) is 9.94. The van der Waals surface area contributed by atoms with Crippen LogP contribution in [-0.2, 0) is 6.54 Å². The lowest BCUT2D eigenvalue weighted by Gasteiger charge is -2.20. The molecule has 1 heterocycles. The van der Waals surface area contributed by atoms with Crippen molar-refractivity contribution >= 4 is 0 Å². The highest BCUT2D eigenvalue weighted by Crippen LogP contribution is 2.14. The van der Waals surface area contributed by atoms with Gasteiger partial charge in [-0.2, -0.15) is 0 Å². The van der Waals surface area contributed by atoms with Gasteiger partial charge in [-0.1, -0.05) is 5.16 Å². The van der Waals surface area contributed by atoms with Crippen molar-refractivity contribution in [2.75, 3.05) is 26.3 Å². The lowest BCUT2D eigenvalue weighted by Crippen LogP contribution is -2.28. The Morgan fingerprint density at radius 2 is 1.94 bits per heavy atom. The third-order valence-corrected chi connectivity index (χ3v) is 2.61. The first kappa shape index (κ1) is 13.2. The molecule has 1 aromatic heterocycles. The molecule has 0 fully saturated rings. The summed E-state index contributed by atoms with van der Waals surface area (Å²) < 4.78 is 5.09. The summed E-state index contributed by atoms with van der Waals surface area (Å²) in [4.78, 5) is 2.09. The van der Waals surface area contributed by atoms with Gasteiger partial charge in [0.1, 0.15) is 5.76 Å². The molecule has 0 bridgehead atoms. The molecule has 1 rings (SSSR count). The Balaban J connectivity index is 2.59. The van der Waals surface area contributed by atoms with E-state index in [2.05, 4.69) is 10.1 Å². The average Bonchev–Trinajstić information content (AvgIpc) is 2.57. The molecule has 0 aliphatic carbocycles. The summed E-state index contributed by atoms with van der Waals surface area (Å²) in [6.45, 7) is 6.17. The van der Waals surface area contributed by atoms with Crippen molar-refractivity contribution in [3.63, 3.8) is 0 Å². The predicted octanol–water partition coefficient (Wildman–Crippen LogP) is 0.468. The largest absolute Gasteiger partial charge is 0.396 e. The zero-order chi connectivity index (χ0) is 12.0. The molecule has 0 amide bonds. The van der Waals surface area contributed by atoms with Gasteiger partial charge in [0.15, 0.2) is 0 Å². The number of hydrogen-bond donors (Lipinski definition) is 2. The van der Waals surface area contributed by atoms with Gasteiger partial charge < -0.3 is 14.7 Å². The van der Waals surface area contributed by atoms with Crippen molar-refractivity contribution in [2.24, 2.45) is 0 Å². The summed E-state index contributed by atoms with van der Waals surface area (Å²) in [5, 5.41) is 21.7. The van der Waals surface area contributed by atoms with Crippen LogP contribution in [0, 0.1) is 13.8 Å². The van der Waals surface area contributed by atoms with Crippen LogP contribution in [0.15, 0.2) is 4.52 Å². The molecule has 0 spiro atoms. The van der Waals surface area contributed by atoms with Gasteiger partial charge in [-0.25, -0.2) is 0 Å². The van der Waals surface area contributed by atoms with Crippen molar-refractivity contribution < 1.29 is 14.7 Å². The number of aliphatic hydroxyl groups is 2. The van der Waals surface area contributed by atoms with Gasteiger partial charge in [0.2, 0.25) is 0 Å². The van der Waals surface area contributed by atoms with Crippen molar-refractivity contribution in [2.45, 2.75) is 26.8 Å². The highest BCUT2D eigenvalue weighted by Gasteiger charge is 2.13. The second-order valence-electron chi connectivity index (χ2n) is 3.88. The van der Waals surface area contributed by atoms with E-state index in [1.54, 1.807) is 0 Å². The van der Waals surface area contributed by atoms with E-state index in [-0.39, 0.29) is 13.2 Å². The Morgan fingerprint density at radius 3 is 2.44 bits per heavy atom. The summed E-state index contributed by atoms with van der Waals surface area (Å²) in [7, 11) is 0. The molecule has 92 valence electrons. The standard InChI is InChI=1S/C11H20N2O3/c1-9-11(10(2)16-12-9)8-13(5-7-15)4-3-6-14/h14-15H,3-8H2,1-2H3. The molecular formula is C11H20N2O3. The molecule has 1 aromatic rings. The molecule has 2 N–H and O–H groups in total. The van der Waals surface area contributed by atoms with Crippen LogP contribution < -0.4 is 0 Å². The van der Waals surface area contributed by atoms with Gasteiger partial charge in [-0.15, -0.1) is 0 Å². The van der Waals surface area contributed by atoms with Crippen LogP contribution in [0.3, 0.4) is 0 Å². The minimum Gasteiger partial charge on any atom is -0.396 e. The third-order valence-electron chi connectivity index (χ3n) is 2.61. The van der Waals surface area contributed by atoms with Crippen LogP contribution in [0.4, 0.5) is 0 Å². The quantitative estimate of drug-likeness (QED) is 0.710. The lowest BCUT2D eigenvalue weighted by molar-refractivity contribution is 0.173. The van der Waals surface area contributed by atoms with Crippen LogP contribution in [0.2, 0.25) is 0 Å². The molecule has 0 unspecified atom stereocenters. The topological polar surface area (TPSA) is 69.7 Å². The molecule has 0 aromatic carbocycles. The molecule has 0 aliphatic heterocycles. The monoisotopic (exact) mass is 228 g/mol. The maximum absolute atomic E-state index is 8.96. The number of aromatic nitrogens is 1. The predicted molar refractivity (Wildman–Crippen MR) is 60.0 cm³/mol. The first-order chi connectivity index (χ1) is 7.69. The number of hydrogen-bond acceptors (Lipinski definition) is 5. The first-order valence-electron chi connectivity index (χ1n) is 5.54. The van der Waals surface area contributed by atoms with E-state index in [0.717, 1.165) is 23.6 Å². The van der Waals surface area contributed by atoms with E-state index in [0.29, 0.717) is 19.5 Å². The highest BCUT2D eigenvalue weighted by atomic mass is 16.5. The molecule has 0 saturated carbocycles.